The molecule has 0 saturated carbocycles. The number of methoxy groups -OCH3 is 1. The second kappa shape index (κ2) is 7.84. The summed E-state index contributed by atoms with van der Waals surface area (Å²) in [5, 5.41) is 8.96. The Hall–Kier alpha value is -2.81. The number of ether oxygens (including phenoxy) is 2. The largest absolute Gasteiger partial charge is 0.493 e. The number of nitriles is 1. The second-order valence-electron chi connectivity index (χ2n) is 6.07. The number of rotatable bonds is 5. The van der Waals surface area contributed by atoms with Gasteiger partial charge in [0.1, 0.15) is 0 Å². The van der Waals surface area contributed by atoms with Crippen molar-refractivity contribution in [3.63, 3.8) is 0 Å². The average Bonchev–Trinajstić information content (AvgIpc) is 2.66. The predicted octanol–water partition coefficient (Wildman–Crippen LogP) is 3.40. The van der Waals surface area contributed by atoms with Gasteiger partial charge < -0.3 is 14.4 Å². The minimum absolute atomic E-state index is 0.293. The molecule has 6 heteroatoms. The Labute approximate surface area is 146 Å². The van der Waals surface area contributed by atoms with Gasteiger partial charge in [-0.15, -0.1) is 0 Å². The van der Waals surface area contributed by atoms with Crippen LogP contribution in [-0.2, 0) is 0 Å². The highest BCUT2D eigenvalue weighted by Crippen LogP contribution is 2.30. The molecule has 0 N–H and O–H groups in total. The summed E-state index contributed by atoms with van der Waals surface area (Å²) in [6.07, 6.45) is 4.87. The van der Waals surface area contributed by atoms with Gasteiger partial charge in [-0.3, -0.25) is 4.98 Å². The quantitative estimate of drug-likeness (QED) is 0.834. The lowest BCUT2D eigenvalue weighted by Gasteiger charge is -2.34. The molecule has 1 unspecified atom stereocenters. The van der Waals surface area contributed by atoms with Crippen LogP contribution in [0.4, 0.5) is 10.1 Å². The van der Waals surface area contributed by atoms with E-state index in [1.165, 1.54) is 6.20 Å². The van der Waals surface area contributed by atoms with Gasteiger partial charge in [-0.1, -0.05) is 0 Å². The van der Waals surface area contributed by atoms with E-state index >= 15 is 0 Å². The highest BCUT2D eigenvalue weighted by Gasteiger charge is 2.23. The van der Waals surface area contributed by atoms with Crippen LogP contribution in [0.2, 0.25) is 0 Å². The fourth-order valence-corrected chi connectivity index (χ4v) is 3.11. The number of hydrogen-bond acceptors (Lipinski definition) is 5. The molecule has 1 aliphatic rings. The monoisotopic (exact) mass is 341 g/mol. The van der Waals surface area contributed by atoms with Crippen molar-refractivity contribution in [2.24, 2.45) is 5.92 Å². The molecule has 2 aromatic rings. The molecular formula is C19H20FN3O2. The van der Waals surface area contributed by atoms with E-state index in [0.717, 1.165) is 25.9 Å². The molecule has 1 fully saturated rings. The Balaban J connectivity index is 1.64. The van der Waals surface area contributed by atoms with Gasteiger partial charge in [0.15, 0.2) is 17.3 Å². The van der Waals surface area contributed by atoms with Crippen molar-refractivity contribution < 1.29 is 13.9 Å². The van der Waals surface area contributed by atoms with Crippen LogP contribution in [0.1, 0.15) is 18.4 Å². The van der Waals surface area contributed by atoms with Crippen LogP contribution in [0.5, 0.6) is 11.5 Å². The Morgan fingerprint density at radius 1 is 1.36 bits per heavy atom. The van der Waals surface area contributed by atoms with Crippen LogP contribution in [0, 0.1) is 23.1 Å². The first-order valence-electron chi connectivity index (χ1n) is 8.26. The number of halogens is 1. The molecule has 0 spiro atoms. The van der Waals surface area contributed by atoms with Gasteiger partial charge in [-0.2, -0.15) is 5.26 Å². The molecular weight excluding hydrogens is 321 g/mol. The lowest BCUT2D eigenvalue weighted by atomic mass is 9.98. The third-order valence-corrected chi connectivity index (χ3v) is 4.38. The maximum Gasteiger partial charge on any atom is 0.164 e. The summed E-state index contributed by atoms with van der Waals surface area (Å²) < 4.78 is 25.1. The van der Waals surface area contributed by atoms with Gasteiger partial charge in [-0.25, -0.2) is 4.39 Å². The van der Waals surface area contributed by atoms with Gasteiger partial charge in [-0.05, 0) is 31.0 Å². The number of anilines is 1. The van der Waals surface area contributed by atoms with Crippen molar-refractivity contribution in [1.29, 1.82) is 5.26 Å². The van der Waals surface area contributed by atoms with Gasteiger partial charge in [0, 0.05) is 31.3 Å². The molecule has 5 nitrogen and oxygen atoms in total. The first kappa shape index (κ1) is 17.0. The molecule has 25 heavy (non-hydrogen) atoms. The maximum atomic E-state index is 13.9. The van der Waals surface area contributed by atoms with Crippen molar-refractivity contribution >= 4 is 5.69 Å². The molecule has 1 aliphatic heterocycles. The standard InChI is InChI=1S/C19H20FN3O2/c1-24-19-9-14(10-21)4-5-18(19)25-13-15-3-2-8-23(12-15)17-6-7-22-11-16(17)20/h4-7,9,11,15H,2-3,8,12-13H2,1H3. The molecule has 130 valence electrons. The summed E-state index contributed by atoms with van der Waals surface area (Å²) in [7, 11) is 1.55. The molecule has 1 aromatic heterocycles. The SMILES string of the molecule is COc1cc(C#N)ccc1OCC1CCCN(c2ccncc2F)C1. The number of aromatic nitrogens is 1. The first-order valence-corrected chi connectivity index (χ1v) is 8.26. The van der Waals surface area contributed by atoms with E-state index in [1.54, 1.807) is 37.6 Å². The van der Waals surface area contributed by atoms with E-state index in [-0.39, 0.29) is 5.82 Å². The van der Waals surface area contributed by atoms with Crippen LogP contribution in [0.15, 0.2) is 36.7 Å². The van der Waals surface area contributed by atoms with Crippen molar-refractivity contribution in [3.8, 4) is 17.6 Å². The number of nitrogens with zero attached hydrogens (tertiary/aromatic N) is 3. The highest BCUT2D eigenvalue weighted by atomic mass is 19.1. The Bertz CT molecular complexity index is 776. The third-order valence-electron chi connectivity index (χ3n) is 4.38. The molecule has 1 aromatic carbocycles. The predicted molar refractivity (Wildman–Crippen MR) is 92.3 cm³/mol. The summed E-state index contributed by atoms with van der Waals surface area (Å²) in [6.45, 7) is 2.09. The lowest BCUT2D eigenvalue weighted by Crippen LogP contribution is -2.38. The number of hydrogen-bond donors (Lipinski definition) is 0. The van der Waals surface area contributed by atoms with Gasteiger partial charge in [0.25, 0.3) is 0 Å². The van der Waals surface area contributed by atoms with E-state index < -0.39 is 0 Å². The highest BCUT2D eigenvalue weighted by molar-refractivity contribution is 5.47. The van der Waals surface area contributed by atoms with Crippen LogP contribution in [0.3, 0.4) is 0 Å². The molecule has 0 bridgehead atoms. The fraction of sp³-hybridized carbons (Fsp3) is 0.368. The molecule has 0 aliphatic carbocycles. The third kappa shape index (κ3) is 4.00. The lowest BCUT2D eigenvalue weighted by molar-refractivity contribution is 0.220. The first-order chi connectivity index (χ1) is 12.2. The number of benzene rings is 1. The minimum atomic E-state index is -0.294. The summed E-state index contributed by atoms with van der Waals surface area (Å²) in [5.41, 5.74) is 1.12. The fourth-order valence-electron chi connectivity index (χ4n) is 3.11. The smallest absolute Gasteiger partial charge is 0.164 e. The van der Waals surface area contributed by atoms with E-state index in [4.69, 9.17) is 14.7 Å². The number of piperidine rings is 1. The van der Waals surface area contributed by atoms with E-state index in [2.05, 4.69) is 11.1 Å². The molecule has 2 heterocycles. The second-order valence-corrected chi connectivity index (χ2v) is 6.07. The van der Waals surface area contributed by atoms with Gasteiger partial charge in [0.05, 0.1) is 37.2 Å². The zero-order valence-corrected chi connectivity index (χ0v) is 14.1. The Kier molecular flexibility index (Phi) is 5.34. The zero-order chi connectivity index (χ0) is 17.6. The van der Waals surface area contributed by atoms with Crippen molar-refractivity contribution in [2.75, 3.05) is 31.7 Å². The molecule has 0 radical (unpaired) electrons. The van der Waals surface area contributed by atoms with Crippen molar-refractivity contribution in [2.45, 2.75) is 12.8 Å². The summed E-state index contributed by atoms with van der Waals surface area (Å²) in [5.74, 6) is 1.17. The van der Waals surface area contributed by atoms with Crippen LogP contribution >= 0.6 is 0 Å². The molecule has 1 atom stereocenters. The van der Waals surface area contributed by atoms with Crippen LogP contribution < -0.4 is 14.4 Å². The van der Waals surface area contributed by atoms with E-state index in [1.807, 2.05) is 4.90 Å². The van der Waals surface area contributed by atoms with Crippen molar-refractivity contribution in [3.05, 3.63) is 48.0 Å². The maximum absolute atomic E-state index is 13.9. The Morgan fingerprint density at radius 2 is 2.24 bits per heavy atom. The Morgan fingerprint density at radius 3 is 3.00 bits per heavy atom. The average molecular weight is 341 g/mol. The van der Waals surface area contributed by atoms with Crippen LogP contribution in [-0.4, -0.2) is 31.8 Å². The van der Waals surface area contributed by atoms with Crippen LogP contribution in [0.25, 0.3) is 0 Å². The van der Waals surface area contributed by atoms with E-state index in [9.17, 15) is 4.39 Å². The minimum Gasteiger partial charge on any atom is -0.493 e. The molecule has 1 saturated heterocycles. The molecule has 0 amide bonds. The zero-order valence-electron chi connectivity index (χ0n) is 14.1. The normalized spacial score (nSPS) is 17.0. The summed E-state index contributed by atoms with van der Waals surface area (Å²) in [6, 6.07) is 8.91. The van der Waals surface area contributed by atoms with Crippen molar-refractivity contribution in [1.82, 2.24) is 4.98 Å². The summed E-state index contributed by atoms with van der Waals surface area (Å²) in [4.78, 5) is 5.85. The number of pyridine rings is 1. The van der Waals surface area contributed by atoms with Gasteiger partial charge >= 0.3 is 0 Å². The summed E-state index contributed by atoms with van der Waals surface area (Å²) >= 11 is 0. The van der Waals surface area contributed by atoms with E-state index in [0.29, 0.717) is 35.3 Å². The van der Waals surface area contributed by atoms with Gasteiger partial charge in [0.2, 0.25) is 0 Å². The molecule has 3 rings (SSSR count). The topological polar surface area (TPSA) is 58.4 Å².